The van der Waals surface area contributed by atoms with Gasteiger partial charge >= 0.3 is 0 Å². The van der Waals surface area contributed by atoms with Gasteiger partial charge in [0.05, 0.1) is 0 Å². The largest absolute Gasteiger partial charge is 0.382 e. The summed E-state index contributed by atoms with van der Waals surface area (Å²) in [4.78, 5) is 26.4. The quantitative estimate of drug-likeness (QED) is 0.736. The van der Waals surface area contributed by atoms with Gasteiger partial charge in [-0.2, -0.15) is 0 Å². The third-order valence-corrected chi connectivity index (χ3v) is 5.51. The van der Waals surface area contributed by atoms with Gasteiger partial charge in [-0.3, -0.25) is 9.59 Å². The standard InChI is InChI=1S/C21H22BrNO4/c1-13(14-6-8-17(22)9-7-14)10-18(24)19(25)20(26)21(27)23-11-15-4-2-3-5-16(15)12-23/h2-9,13,19-20,25-26H,10-12H2,1H3/t13-,19+,20-/m1/s1. The summed E-state index contributed by atoms with van der Waals surface area (Å²) in [5.74, 6) is -1.29. The molecule has 0 radical (unpaired) electrons. The van der Waals surface area contributed by atoms with E-state index in [9.17, 15) is 19.8 Å². The van der Waals surface area contributed by atoms with Gasteiger partial charge in [0.15, 0.2) is 11.9 Å². The molecule has 5 nitrogen and oxygen atoms in total. The van der Waals surface area contributed by atoms with Gasteiger partial charge in [-0.25, -0.2) is 0 Å². The molecule has 0 spiro atoms. The number of ketones is 1. The second-order valence-corrected chi connectivity index (χ2v) is 7.89. The SMILES string of the molecule is C[C@H](CC(=O)[C@H](O)[C@@H](O)C(=O)N1Cc2ccccc2C1)c1ccc(Br)cc1. The number of nitrogens with zero attached hydrogens (tertiary/aromatic N) is 1. The minimum atomic E-state index is -1.75. The summed E-state index contributed by atoms with van der Waals surface area (Å²) in [5.41, 5.74) is 2.99. The van der Waals surface area contributed by atoms with Crippen molar-refractivity contribution >= 4 is 27.6 Å². The maximum absolute atomic E-state index is 12.5. The van der Waals surface area contributed by atoms with Gasteiger partial charge in [0, 0.05) is 24.0 Å². The highest BCUT2D eigenvalue weighted by atomic mass is 79.9. The van der Waals surface area contributed by atoms with E-state index in [1.807, 2.05) is 55.5 Å². The average molecular weight is 432 g/mol. The van der Waals surface area contributed by atoms with Crippen molar-refractivity contribution in [2.75, 3.05) is 0 Å². The van der Waals surface area contributed by atoms with Crippen molar-refractivity contribution in [3.8, 4) is 0 Å². The Kier molecular flexibility index (Phi) is 6.09. The molecule has 0 saturated carbocycles. The highest BCUT2D eigenvalue weighted by Gasteiger charge is 2.35. The van der Waals surface area contributed by atoms with Crippen LogP contribution in [-0.4, -0.2) is 39.0 Å². The van der Waals surface area contributed by atoms with Crippen LogP contribution in [0.2, 0.25) is 0 Å². The van der Waals surface area contributed by atoms with Crippen LogP contribution in [0.3, 0.4) is 0 Å². The second-order valence-electron chi connectivity index (χ2n) is 6.98. The summed E-state index contributed by atoms with van der Waals surface area (Å²) in [6.45, 7) is 2.63. The van der Waals surface area contributed by atoms with E-state index in [1.54, 1.807) is 0 Å². The fourth-order valence-electron chi connectivity index (χ4n) is 3.32. The molecule has 27 heavy (non-hydrogen) atoms. The first-order chi connectivity index (χ1) is 12.9. The number of fused-ring (bicyclic) bond motifs is 1. The first-order valence-electron chi connectivity index (χ1n) is 8.86. The highest BCUT2D eigenvalue weighted by Crippen LogP contribution is 2.25. The summed E-state index contributed by atoms with van der Waals surface area (Å²) in [6, 6.07) is 15.2. The van der Waals surface area contributed by atoms with Crippen molar-refractivity contribution in [3.05, 3.63) is 69.7 Å². The Morgan fingerprint density at radius 2 is 1.56 bits per heavy atom. The molecule has 0 aliphatic carbocycles. The van der Waals surface area contributed by atoms with E-state index in [0.717, 1.165) is 21.2 Å². The monoisotopic (exact) mass is 431 g/mol. The van der Waals surface area contributed by atoms with Crippen LogP contribution in [-0.2, 0) is 22.7 Å². The topological polar surface area (TPSA) is 77.8 Å². The van der Waals surface area contributed by atoms with E-state index in [1.165, 1.54) is 4.90 Å². The number of carbonyl (C=O) groups excluding carboxylic acids is 2. The molecule has 3 rings (SSSR count). The normalized spacial score (nSPS) is 16.5. The van der Waals surface area contributed by atoms with Crippen molar-refractivity contribution in [1.29, 1.82) is 0 Å². The highest BCUT2D eigenvalue weighted by molar-refractivity contribution is 9.10. The average Bonchev–Trinajstić information content (AvgIpc) is 3.10. The Morgan fingerprint density at radius 3 is 2.11 bits per heavy atom. The van der Waals surface area contributed by atoms with Crippen LogP contribution in [0, 0.1) is 0 Å². The molecule has 1 aliphatic rings. The molecule has 0 saturated heterocycles. The van der Waals surface area contributed by atoms with Crippen molar-refractivity contribution in [3.63, 3.8) is 0 Å². The maximum Gasteiger partial charge on any atom is 0.255 e. The lowest BCUT2D eigenvalue weighted by Crippen LogP contribution is -2.46. The molecule has 2 aromatic carbocycles. The Bertz CT molecular complexity index is 811. The molecule has 1 aliphatic heterocycles. The van der Waals surface area contributed by atoms with Crippen LogP contribution in [0.1, 0.15) is 36.0 Å². The third-order valence-electron chi connectivity index (χ3n) is 4.98. The zero-order chi connectivity index (χ0) is 19.6. The fraction of sp³-hybridized carbons (Fsp3) is 0.333. The fourth-order valence-corrected chi connectivity index (χ4v) is 3.58. The lowest BCUT2D eigenvalue weighted by Gasteiger charge is -2.23. The number of hydrogen-bond acceptors (Lipinski definition) is 4. The number of aliphatic hydroxyl groups is 2. The molecule has 2 N–H and O–H groups in total. The predicted molar refractivity (Wildman–Crippen MR) is 105 cm³/mol. The zero-order valence-electron chi connectivity index (χ0n) is 15.0. The van der Waals surface area contributed by atoms with Crippen molar-refractivity contribution in [2.45, 2.75) is 44.6 Å². The van der Waals surface area contributed by atoms with Crippen molar-refractivity contribution in [1.82, 2.24) is 4.90 Å². The van der Waals surface area contributed by atoms with Gasteiger partial charge in [-0.15, -0.1) is 0 Å². The number of carbonyl (C=O) groups is 2. The van der Waals surface area contributed by atoms with Crippen LogP contribution in [0.4, 0.5) is 0 Å². The van der Waals surface area contributed by atoms with E-state index in [2.05, 4.69) is 15.9 Å². The number of halogens is 1. The lowest BCUT2D eigenvalue weighted by atomic mass is 9.92. The van der Waals surface area contributed by atoms with Gasteiger partial charge in [-0.05, 0) is 34.7 Å². The van der Waals surface area contributed by atoms with Gasteiger partial charge < -0.3 is 15.1 Å². The lowest BCUT2D eigenvalue weighted by molar-refractivity contribution is -0.152. The van der Waals surface area contributed by atoms with Gasteiger partial charge in [-0.1, -0.05) is 59.3 Å². The Morgan fingerprint density at radius 1 is 1.00 bits per heavy atom. The molecular formula is C21H22BrNO4. The molecule has 0 fully saturated rings. The summed E-state index contributed by atoms with van der Waals surface area (Å²) in [7, 11) is 0. The molecule has 6 heteroatoms. The zero-order valence-corrected chi connectivity index (χ0v) is 16.6. The van der Waals surface area contributed by atoms with Crippen LogP contribution < -0.4 is 0 Å². The Balaban J connectivity index is 1.59. The summed E-state index contributed by atoms with van der Waals surface area (Å²) >= 11 is 3.36. The van der Waals surface area contributed by atoms with E-state index < -0.39 is 23.9 Å². The van der Waals surface area contributed by atoms with Gasteiger partial charge in [0.1, 0.15) is 6.10 Å². The number of benzene rings is 2. The number of rotatable bonds is 6. The van der Waals surface area contributed by atoms with E-state index in [4.69, 9.17) is 0 Å². The third kappa shape index (κ3) is 4.46. The number of hydrogen-bond donors (Lipinski definition) is 2. The van der Waals surface area contributed by atoms with E-state index >= 15 is 0 Å². The number of amides is 1. The first-order valence-corrected chi connectivity index (χ1v) is 9.66. The van der Waals surface area contributed by atoms with Crippen LogP contribution in [0.5, 0.6) is 0 Å². The van der Waals surface area contributed by atoms with E-state index in [-0.39, 0.29) is 12.3 Å². The molecule has 0 aromatic heterocycles. The molecular weight excluding hydrogens is 410 g/mol. The minimum absolute atomic E-state index is 0.0490. The van der Waals surface area contributed by atoms with E-state index in [0.29, 0.717) is 13.1 Å². The van der Waals surface area contributed by atoms with Crippen molar-refractivity contribution in [2.24, 2.45) is 0 Å². The Labute approximate surface area is 166 Å². The number of Topliss-reactive ketones (excluding diaryl/α,β-unsaturated/α-hetero) is 1. The molecule has 142 valence electrons. The molecule has 3 atom stereocenters. The summed E-state index contributed by atoms with van der Waals surface area (Å²) in [5, 5.41) is 20.5. The molecule has 1 heterocycles. The minimum Gasteiger partial charge on any atom is -0.382 e. The Hall–Kier alpha value is -2.02. The second kappa shape index (κ2) is 8.33. The predicted octanol–water partition coefficient (Wildman–Crippen LogP) is 2.78. The maximum atomic E-state index is 12.5. The molecule has 0 bridgehead atoms. The van der Waals surface area contributed by atoms with Gasteiger partial charge in [0.2, 0.25) is 0 Å². The van der Waals surface area contributed by atoms with Crippen LogP contribution >= 0.6 is 15.9 Å². The summed E-state index contributed by atoms with van der Waals surface area (Å²) < 4.78 is 0.942. The number of aliphatic hydroxyl groups excluding tert-OH is 2. The van der Waals surface area contributed by atoms with Crippen molar-refractivity contribution < 1.29 is 19.8 Å². The smallest absolute Gasteiger partial charge is 0.255 e. The molecule has 2 aromatic rings. The summed E-state index contributed by atoms with van der Waals surface area (Å²) in [6.07, 6.45) is -3.42. The van der Waals surface area contributed by atoms with Crippen LogP contribution in [0.25, 0.3) is 0 Å². The first kappa shape index (κ1) is 19.7. The molecule has 0 unspecified atom stereocenters. The van der Waals surface area contributed by atoms with Crippen LogP contribution in [0.15, 0.2) is 53.0 Å². The molecule has 1 amide bonds. The van der Waals surface area contributed by atoms with Gasteiger partial charge in [0.25, 0.3) is 5.91 Å².